The third-order valence-electron chi connectivity index (χ3n) is 7.43. The van der Waals surface area contributed by atoms with Crippen molar-refractivity contribution in [2.24, 2.45) is 22.7 Å². The Labute approximate surface area is 216 Å². The molecule has 38 heavy (non-hydrogen) atoms. The Hall–Kier alpha value is -3.50. The number of carbonyl (C=O) groups excluding carboxylic acids is 5. The fraction of sp³-hybridized carbons (Fsp3) is 0.667. The van der Waals surface area contributed by atoms with E-state index in [4.69, 9.17) is 0 Å². The van der Waals surface area contributed by atoms with Crippen LogP contribution in [0.5, 0.6) is 0 Å². The van der Waals surface area contributed by atoms with Crippen molar-refractivity contribution in [3.05, 3.63) is 11.6 Å². The van der Waals surface area contributed by atoms with Gasteiger partial charge < -0.3 is 15.5 Å². The number of alkyl halides is 4. The van der Waals surface area contributed by atoms with Gasteiger partial charge in [0, 0.05) is 18.5 Å². The largest absolute Gasteiger partial charge is 0.471 e. The van der Waals surface area contributed by atoms with E-state index < -0.39 is 71.8 Å². The Bertz CT molecular complexity index is 1140. The van der Waals surface area contributed by atoms with E-state index in [0.29, 0.717) is 0 Å². The summed E-state index contributed by atoms with van der Waals surface area (Å²) in [5.41, 5.74) is -1.74. The van der Waals surface area contributed by atoms with E-state index >= 15 is 0 Å². The molecule has 10 nitrogen and oxygen atoms in total. The summed E-state index contributed by atoms with van der Waals surface area (Å²) in [6, 6.07) is -2.30. The van der Waals surface area contributed by atoms with Gasteiger partial charge in [0.2, 0.25) is 11.8 Å². The Morgan fingerprint density at radius 3 is 2.34 bits per heavy atom. The number of halogens is 4. The zero-order valence-electron chi connectivity index (χ0n) is 21.4. The fourth-order valence-electron chi connectivity index (χ4n) is 5.20. The highest BCUT2D eigenvalue weighted by molar-refractivity contribution is 6.09. The normalized spacial score (nSPS) is 27.8. The number of carbonyl (C=O) groups is 5. The van der Waals surface area contributed by atoms with Crippen molar-refractivity contribution in [3.8, 4) is 6.07 Å². The number of imide groups is 1. The lowest BCUT2D eigenvalue weighted by molar-refractivity contribution is -0.176. The first-order chi connectivity index (χ1) is 17.3. The van der Waals surface area contributed by atoms with Crippen LogP contribution in [0.4, 0.5) is 17.6 Å². The van der Waals surface area contributed by atoms with Crippen molar-refractivity contribution in [2.45, 2.75) is 71.5 Å². The summed E-state index contributed by atoms with van der Waals surface area (Å²) < 4.78 is 52.6. The van der Waals surface area contributed by atoms with Crippen LogP contribution in [0.3, 0.4) is 0 Å². The average molecular weight is 544 g/mol. The fourth-order valence-corrected chi connectivity index (χ4v) is 5.20. The van der Waals surface area contributed by atoms with E-state index in [1.165, 1.54) is 20.8 Å². The Morgan fingerprint density at radius 1 is 1.21 bits per heavy atom. The summed E-state index contributed by atoms with van der Waals surface area (Å²) in [6.45, 7) is 8.21. The maximum atomic E-state index is 13.7. The quantitative estimate of drug-likeness (QED) is 0.335. The van der Waals surface area contributed by atoms with Gasteiger partial charge in [0.1, 0.15) is 18.1 Å². The highest BCUT2D eigenvalue weighted by Crippen LogP contribution is 2.65. The molecular weight excluding hydrogens is 514 g/mol. The third-order valence-corrected chi connectivity index (χ3v) is 7.43. The van der Waals surface area contributed by atoms with Crippen molar-refractivity contribution in [3.63, 3.8) is 0 Å². The number of hydrogen-bond acceptors (Lipinski definition) is 6. The minimum Gasteiger partial charge on any atom is -0.338 e. The third kappa shape index (κ3) is 5.51. The molecule has 0 aromatic heterocycles. The van der Waals surface area contributed by atoms with E-state index in [2.05, 4.69) is 5.32 Å². The lowest BCUT2D eigenvalue weighted by Gasteiger charge is -2.37. The molecule has 3 rings (SSSR count). The van der Waals surface area contributed by atoms with E-state index in [1.807, 2.05) is 13.8 Å². The van der Waals surface area contributed by atoms with Crippen LogP contribution in [0.2, 0.25) is 0 Å². The molecular formula is C24H29F4N5O5. The predicted molar refractivity (Wildman–Crippen MR) is 122 cm³/mol. The zero-order valence-corrected chi connectivity index (χ0v) is 21.4. The van der Waals surface area contributed by atoms with E-state index in [0.717, 1.165) is 11.0 Å². The second-order valence-electron chi connectivity index (χ2n) is 11.5. The first kappa shape index (κ1) is 29.1. The van der Waals surface area contributed by atoms with Gasteiger partial charge in [0.15, 0.2) is 6.17 Å². The van der Waals surface area contributed by atoms with Crippen molar-refractivity contribution in [1.29, 1.82) is 5.26 Å². The topological polar surface area (TPSA) is 148 Å². The lowest BCUT2D eigenvalue weighted by Crippen LogP contribution is -2.61. The average Bonchev–Trinajstić information content (AvgIpc) is 3.12. The molecule has 0 aromatic carbocycles. The van der Waals surface area contributed by atoms with Gasteiger partial charge in [-0.15, -0.1) is 0 Å². The molecule has 2 aliphatic heterocycles. The molecule has 2 fully saturated rings. The molecule has 0 spiro atoms. The molecule has 0 aromatic rings. The van der Waals surface area contributed by atoms with Gasteiger partial charge in [-0.3, -0.25) is 29.3 Å². The molecule has 2 heterocycles. The van der Waals surface area contributed by atoms with Gasteiger partial charge in [0.25, 0.3) is 11.8 Å². The number of nitrogens with one attached hydrogen (secondary N) is 3. The van der Waals surface area contributed by atoms with Crippen molar-refractivity contribution in [1.82, 2.24) is 20.9 Å². The maximum absolute atomic E-state index is 13.7. The van der Waals surface area contributed by atoms with E-state index in [9.17, 15) is 46.8 Å². The number of rotatable bonds is 6. The van der Waals surface area contributed by atoms with Gasteiger partial charge >= 0.3 is 12.1 Å². The predicted octanol–water partition coefficient (Wildman–Crippen LogP) is 0.882. The lowest BCUT2D eigenvalue weighted by atomic mass is 9.85. The van der Waals surface area contributed by atoms with E-state index in [1.54, 1.807) is 16.7 Å². The molecule has 2 unspecified atom stereocenters. The highest BCUT2D eigenvalue weighted by atomic mass is 19.4. The molecule has 3 aliphatic rings. The molecule has 0 radical (unpaired) electrons. The van der Waals surface area contributed by atoms with Crippen LogP contribution in [0, 0.1) is 34.0 Å². The molecule has 5 amide bonds. The summed E-state index contributed by atoms with van der Waals surface area (Å²) in [7, 11) is 0. The minimum atomic E-state index is -5.22. The summed E-state index contributed by atoms with van der Waals surface area (Å²) in [6.07, 6.45) is -7.00. The number of nitriles is 1. The van der Waals surface area contributed by atoms with Crippen LogP contribution in [0.25, 0.3) is 0 Å². The molecule has 1 saturated carbocycles. The summed E-state index contributed by atoms with van der Waals surface area (Å²) >= 11 is 0. The number of likely N-dealkylation sites (tertiary alicyclic amines) is 1. The van der Waals surface area contributed by atoms with Crippen LogP contribution < -0.4 is 16.0 Å². The second kappa shape index (κ2) is 9.67. The number of piperidine rings is 1. The Kier molecular flexibility index (Phi) is 7.39. The number of nitrogens with zero attached hydrogens (tertiary/aromatic N) is 2. The van der Waals surface area contributed by atoms with E-state index in [-0.39, 0.29) is 29.4 Å². The van der Waals surface area contributed by atoms with Crippen molar-refractivity contribution < 1.29 is 41.5 Å². The first-order valence-electron chi connectivity index (χ1n) is 11.9. The smallest absolute Gasteiger partial charge is 0.338 e. The maximum Gasteiger partial charge on any atom is 0.471 e. The highest BCUT2D eigenvalue weighted by Gasteiger charge is 2.70. The molecule has 3 N–H and O–H groups in total. The number of amides is 5. The summed E-state index contributed by atoms with van der Waals surface area (Å²) in [4.78, 5) is 63.0. The van der Waals surface area contributed by atoms with Gasteiger partial charge in [-0.25, -0.2) is 4.39 Å². The molecule has 1 aliphatic carbocycles. The van der Waals surface area contributed by atoms with Crippen molar-refractivity contribution >= 4 is 29.5 Å². The van der Waals surface area contributed by atoms with Crippen LogP contribution in [0.15, 0.2) is 11.6 Å². The molecule has 208 valence electrons. The van der Waals surface area contributed by atoms with Crippen LogP contribution >= 0.6 is 0 Å². The molecule has 6 atom stereocenters. The second-order valence-corrected chi connectivity index (χ2v) is 11.5. The number of fused-ring (bicyclic) bond motifs is 1. The molecule has 1 saturated heterocycles. The van der Waals surface area contributed by atoms with Gasteiger partial charge in [0.05, 0.1) is 6.07 Å². The Balaban J connectivity index is 1.83. The Morgan fingerprint density at radius 2 is 1.82 bits per heavy atom. The molecule has 14 heteroatoms. The van der Waals surface area contributed by atoms with Gasteiger partial charge in [-0.1, -0.05) is 34.6 Å². The summed E-state index contributed by atoms with van der Waals surface area (Å²) in [5.74, 6) is -6.51. The van der Waals surface area contributed by atoms with Crippen LogP contribution in [-0.4, -0.2) is 71.5 Å². The van der Waals surface area contributed by atoms with Gasteiger partial charge in [-0.2, -0.15) is 18.4 Å². The van der Waals surface area contributed by atoms with Crippen LogP contribution in [0.1, 0.15) is 41.0 Å². The SMILES string of the molecule is CC(C)(C)[C@H](NC(=O)C(F)(F)F)C(=O)N1C[C@H]2[C@H]([C@H]1C(=O)NC(C#N)CC1=CC(F)C(=O)NC1=O)C2(C)C. The van der Waals surface area contributed by atoms with Crippen molar-refractivity contribution in [2.75, 3.05) is 6.54 Å². The zero-order chi connectivity index (χ0) is 29.0. The molecule has 0 bridgehead atoms. The summed E-state index contributed by atoms with van der Waals surface area (Å²) in [5, 5.41) is 15.5. The minimum absolute atomic E-state index is 0.0550. The van der Waals surface area contributed by atoms with Gasteiger partial charge in [-0.05, 0) is 28.7 Å². The monoisotopic (exact) mass is 543 g/mol. The first-order valence-corrected chi connectivity index (χ1v) is 11.9. The number of hydrogen-bond donors (Lipinski definition) is 3. The standard InChI is InChI=1S/C24H29F4N5O5/c1-22(2,3)16(31-21(38)24(26,27)28)20(37)33-9-12-14(23(12,4)5)15(33)19(36)30-11(8-29)6-10-7-13(25)18(35)32-17(10)34/h7,11-16H,6,9H2,1-5H3,(H,30,36)(H,31,38)(H,32,34,35)/t11?,12-,13?,14+,15-,16+/m0/s1. The van der Waals surface area contributed by atoms with Crippen LogP contribution in [-0.2, 0) is 24.0 Å².